The molecule has 0 radical (unpaired) electrons. The number of aryl methyl sites for hydroxylation is 1. The zero-order chi connectivity index (χ0) is 22.2. The van der Waals surface area contributed by atoms with Crippen molar-refractivity contribution < 1.29 is 27.8 Å². The molecule has 0 saturated carbocycles. The lowest BCUT2D eigenvalue weighted by atomic mass is 9.99. The lowest BCUT2D eigenvalue weighted by molar-refractivity contribution is -0.140. The maximum Gasteiger partial charge on any atom is 0.305 e. The molecule has 3 rings (SSSR count). The van der Waals surface area contributed by atoms with E-state index in [1.54, 1.807) is 42.7 Å². The van der Waals surface area contributed by atoms with Gasteiger partial charge in [0.25, 0.3) is 0 Å². The fourth-order valence-electron chi connectivity index (χ4n) is 3.00. The minimum Gasteiger partial charge on any atom is -0.488 e. The molecular formula is C24H21F2NO4. The summed E-state index contributed by atoms with van der Waals surface area (Å²) >= 11 is 0. The first-order chi connectivity index (χ1) is 15.0. The number of Topliss-reactive ketones (excluding diaryl/α,β-unsaturated/α-hetero) is 1. The molecule has 0 atom stereocenters. The molecule has 1 heterocycles. The third-order valence-corrected chi connectivity index (χ3v) is 4.66. The SMILES string of the molecule is COC(=O)CCc1ccc(OCc2ccc(F)c(F)c2)c(C(=O)Cc2cccnc2)c1. The van der Waals surface area contributed by atoms with Crippen LogP contribution in [0, 0.1) is 11.6 Å². The smallest absolute Gasteiger partial charge is 0.305 e. The molecule has 0 aliphatic heterocycles. The molecule has 0 amide bonds. The van der Waals surface area contributed by atoms with Gasteiger partial charge in [0.15, 0.2) is 17.4 Å². The van der Waals surface area contributed by atoms with Gasteiger partial charge in [-0.1, -0.05) is 18.2 Å². The summed E-state index contributed by atoms with van der Waals surface area (Å²) < 4.78 is 37.0. The Labute approximate surface area is 178 Å². The number of halogens is 2. The number of aromatic nitrogens is 1. The van der Waals surface area contributed by atoms with E-state index in [0.29, 0.717) is 23.3 Å². The first-order valence-corrected chi connectivity index (χ1v) is 9.65. The van der Waals surface area contributed by atoms with E-state index >= 15 is 0 Å². The van der Waals surface area contributed by atoms with Crippen LogP contribution in [0.2, 0.25) is 0 Å². The summed E-state index contributed by atoms with van der Waals surface area (Å²) in [5.41, 5.74) is 2.30. The molecule has 160 valence electrons. The average Bonchev–Trinajstić information content (AvgIpc) is 2.79. The lowest BCUT2D eigenvalue weighted by Gasteiger charge is -2.13. The topological polar surface area (TPSA) is 65.5 Å². The molecule has 5 nitrogen and oxygen atoms in total. The second-order valence-corrected chi connectivity index (χ2v) is 6.91. The van der Waals surface area contributed by atoms with E-state index < -0.39 is 11.6 Å². The highest BCUT2D eigenvalue weighted by Gasteiger charge is 2.16. The molecule has 1 aromatic heterocycles. The van der Waals surface area contributed by atoms with Crippen molar-refractivity contribution in [1.29, 1.82) is 0 Å². The Kier molecular flexibility index (Phi) is 7.43. The van der Waals surface area contributed by atoms with E-state index in [1.165, 1.54) is 13.2 Å². The third kappa shape index (κ3) is 6.18. The molecule has 7 heteroatoms. The number of benzene rings is 2. The van der Waals surface area contributed by atoms with Crippen molar-refractivity contribution in [1.82, 2.24) is 4.98 Å². The highest BCUT2D eigenvalue weighted by atomic mass is 19.2. The predicted molar refractivity (Wildman–Crippen MR) is 110 cm³/mol. The molecule has 0 fully saturated rings. The molecule has 0 unspecified atom stereocenters. The van der Waals surface area contributed by atoms with Gasteiger partial charge < -0.3 is 9.47 Å². The van der Waals surface area contributed by atoms with Gasteiger partial charge in [0, 0.05) is 25.2 Å². The maximum atomic E-state index is 13.5. The highest BCUT2D eigenvalue weighted by molar-refractivity contribution is 6.00. The highest BCUT2D eigenvalue weighted by Crippen LogP contribution is 2.24. The van der Waals surface area contributed by atoms with Crippen LogP contribution in [0.15, 0.2) is 60.9 Å². The zero-order valence-electron chi connectivity index (χ0n) is 16.9. The van der Waals surface area contributed by atoms with Crippen molar-refractivity contribution in [3.05, 3.63) is 94.8 Å². The van der Waals surface area contributed by atoms with Crippen molar-refractivity contribution in [2.45, 2.75) is 25.9 Å². The van der Waals surface area contributed by atoms with Crippen LogP contribution in [-0.4, -0.2) is 23.8 Å². The standard InChI is InChI=1S/C24H21F2NO4/c1-30-24(29)9-6-16-5-8-23(31-15-18-4-7-20(25)21(26)12-18)19(11-16)22(28)13-17-3-2-10-27-14-17/h2-5,7-8,10-12,14H,6,9,13,15H2,1H3. The number of hydrogen-bond acceptors (Lipinski definition) is 5. The fourth-order valence-corrected chi connectivity index (χ4v) is 3.00. The van der Waals surface area contributed by atoms with Crippen molar-refractivity contribution in [3.8, 4) is 5.75 Å². The first kappa shape index (κ1) is 22.1. The molecule has 0 spiro atoms. The first-order valence-electron chi connectivity index (χ1n) is 9.65. The van der Waals surface area contributed by atoms with Crippen LogP contribution in [0.1, 0.15) is 33.5 Å². The maximum absolute atomic E-state index is 13.5. The largest absolute Gasteiger partial charge is 0.488 e. The molecule has 2 aromatic carbocycles. The molecule has 0 saturated heterocycles. The Morgan fingerprint density at radius 1 is 0.968 bits per heavy atom. The second kappa shape index (κ2) is 10.4. The average molecular weight is 425 g/mol. The minimum absolute atomic E-state index is 0.0358. The quantitative estimate of drug-likeness (QED) is 0.374. The molecule has 0 N–H and O–H groups in total. The van der Waals surface area contributed by atoms with Gasteiger partial charge in [-0.3, -0.25) is 14.6 Å². The minimum atomic E-state index is -0.966. The van der Waals surface area contributed by atoms with Crippen LogP contribution in [0.3, 0.4) is 0 Å². The van der Waals surface area contributed by atoms with Crippen LogP contribution in [0.4, 0.5) is 8.78 Å². The Bertz CT molecular complexity index is 1070. The van der Waals surface area contributed by atoms with Gasteiger partial charge in [0.05, 0.1) is 12.7 Å². The number of carbonyl (C=O) groups excluding carboxylic acids is 2. The summed E-state index contributed by atoms with van der Waals surface area (Å²) in [6.45, 7) is -0.0358. The summed E-state index contributed by atoms with van der Waals surface area (Å²) in [6.07, 6.45) is 3.94. The summed E-state index contributed by atoms with van der Waals surface area (Å²) in [7, 11) is 1.32. The van der Waals surface area contributed by atoms with Crippen LogP contribution in [0.5, 0.6) is 5.75 Å². The number of ketones is 1. The summed E-state index contributed by atoms with van der Waals surface area (Å²) in [6, 6.07) is 12.1. The molecule has 0 bridgehead atoms. The number of pyridine rings is 1. The second-order valence-electron chi connectivity index (χ2n) is 6.91. The van der Waals surface area contributed by atoms with E-state index in [4.69, 9.17) is 4.74 Å². The van der Waals surface area contributed by atoms with Gasteiger partial charge in [0.1, 0.15) is 12.4 Å². The fraction of sp³-hybridized carbons (Fsp3) is 0.208. The summed E-state index contributed by atoms with van der Waals surface area (Å²) in [4.78, 5) is 28.4. The Balaban J connectivity index is 1.82. The van der Waals surface area contributed by atoms with E-state index in [0.717, 1.165) is 23.3 Å². The third-order valence-electron chi connectivity index (χ3n) is 4.66. The number of ether oxygens (including phenoxy) is 2. The number of nitrogens with zero attached hydrogens (tertiary/aromatic N) is 1. The van der Waals surface area contributed by atoms with Crippen LogP contribution >= 0.6 is 0 Å². The van der Waals surface area contributed by atoms with Crippen LogP contribution in [0.25, 0.3) is 0 Å². The van der Waals surface area contributed by atoms with Gasteiger partial charge in [-0.05, 0) is 53.4 Å². The van der Waals surface area contributed by atoms with Gasteiger partial charge in [-0.2, -0.15) is 0 Å². The van der Waals surface area contributed by atoms with Crippen molar-refractivity contribution in [3.63, 3.8) is 0 Å². The van der Waals surface area contributed by atoms with Crippen molar-refractivity contribution in [2.24, 2.45) is 0 Å². The number of esters is 1. The Hall–Kier alpha value is -3.61. The number of methoxy groups -OCH3 is 1. The van der Waals surface area contributed by atoms with E-state index in [2.05, 4.69) is 9.72 Å². The van der Waals surface area contributed by atoms with Gasteiger partial charge in [-0.25, -0.2) is 8.78 Å². The monoisotopic (exact) mass is 425 g/mol. The lowest BCUT2D eigenvalue weighted by Crippen LogP contribution is -2.09. The Morgan fingerprint density at radius 2 is 1.77 bits per heavy atom. The number of carbonyl (C=O) groups is 2. The molecular weight excluding hydrogens is 404 g/mol. The zero-order valence-corrected chi connectivity index (χ0v) is 16.9. The van der Waals surface area contributed by atoms with Gasteiger partial charge >= 0.3 is 5.97 Å². The molecule has 0 aliphatic carbocycles. The van der Waals surface area contributed by atoms with Crippen LogP contribution in [-0.2, 0) is 29.0 Å². The molecule has 0 aliphatic rings. The molecule has 3 aromatic rings. The predicted octanol–water partition coefficient (Wildman–Crippen LogP) is 4.47. The summed E-state index contributed by atoms with van der Waals surface area (Å²) in [5, 5.41) is 0. The van der Waals surface area contributed by atoms with E-state index in [9.17, 15) is 18.4 Å². The van der Waals surface area contributed by atoms with Gasteiger partial charge in [-0.15, -0.1) is 0 Å². The number of hydrogen-bond donors (Lipinski definition) is 0. The summed E-state index contributed by atoms with van der Waals surface area (Å²) in [5.74, 6) is -2.12. The van der Waals surface area contributed by atoms with Crippen LogP contribution < -0.4 is 4.74 Å². The normalized spacial score (nSPS) is 10.5. The van der Waals surface area contributed by atoms with E-state index in [1.807, 2.05) is 0 Å². The van der Waals surface area contributed by atoms with Gasteiger partial charge in [0.2, 0.25) is 0 Å². The van der Waals surface area contributed by atoms with Crippen molar-refractivity contribution >= 4 is 11.8 Å². The van der Waals surface area contributed by atoms with E-state index in [-0.39, 0.29) is 31.2 Å². The Morgan fingerprint density at radius 3 is 2.48 bits per heavy atom. The van der Waals surface area contributed by atoms with Crippen molar-refractivity contribution in [2.75, 3.05) is 7.11 Å². The molecule has 31 heavy (non-hydrogen) atoms. The number of rotatable bonds is 9.